The summed E-state index contributed by atoms with van der Waals surface area (Å²) >= 11 is 0. The zero-order chi connectivity index (χ0) is 15.2. The van der Waals surface area contributed by atoms with Gasteiger partial charge < -0.3 is 15.4 Å². The summed E-state index contributed by atoms with van der Waals surface area (Å²) in [6, 6.07) is 8.12. The third-order valence-corrected chi connectivity index (χ3v) is 4.46. The summed E-state index contributed by atoms with van der Waals surface area (Å²) in [4.78, 5) is 14.5. The van der Waals surface area contributed by atoms with Gasteiger partial charge in [-0.1, -0.05) is 19.1 Å². The van der Waals surface area contributed by atoms with E-state index in [4.69, 9.17) is 10.5 Å². The highest BCUT2D eigenvalue weighted by atomic mass is 35.5. The van der Waals surface area contributed by atoms with E-state index < -0.39 is 0 Å². The van der Waals surface area contributed by atoms with Crippen LogP contribution in [0, 0.1) is 5.92 Å². The summed E-state index contributed by atoms with van der Waals surface area (Å²) in [7, 11) is 1.66. The number of methoxy groups -OCH3 is 1. The number of halogens is 1. The summed E-state index contributed by atoms with van der Waals surface area (Å²) in [5.41, 5.74) is 7.02. The second kappa shape index (κ2) is 9.01. The number of hydrogen-bond acceptors (Lipinski definition) is 3. The van der Waals surface area contributed by atoms with Crippen molar-refractivity contribution in [3.8, 4) is 5.75 Å². The van der Waals surface area contributed by atoms with E-state index in [1.54, 1.807) is 7.11 Å². The van der Waals surface area contributed by atoms with E-state index >= 15 is 0 Å². The Morgan fingerprint density at radius 3 is 2.64 bits per heavy atom. The maximum Gasteiger partial charge on any atom is 0.223 e. The number of amides is 1. The first-order valence-electron chi connectivity index (χ1n) is 7.78. The number of carbonyl (C=O) groups excluding carboxylic acids is 1. The van der Waals surface area contributed by atoms with Crippen molar-refractivity contribution < 1.29 is 9.53 Å². The molecule has 0 aliphatic carbocycles. The van der Waals surface area contributed by atoms with E-state index in [2.05, 4.69) is 6.92 Å². The normalized spacial score (nSPS) is 21.1. The van der Waals surface area contributed by atoms with Gasteiger partial charge in [0, 0.05) is 25.6 Å². The molecule has 1 amide bonds. The predicted molar refractivity (Wildman–Crippen MR) is 91.5 cm³/mol. The van der Waals surface area contributed by atoms with E-state index in [0.29, 0.717) is 18.9 Å². The monoisotopic (exact) mass is 326 g/mol. The molecular weight excluding hydrogens is 300 g/mol. The number of piperidine rings is 1. The summed E-state index contributed by atoms with van der Waals surface area (Å²) in [6.07, 6.45) is 3.58. The fourth-order valence-corrected chi connectivity index (χ4v) is 3.11. The van der Waals surface area contributed by atoms with E-state index in [9.17, 15) is 4.79 Å². The molecule has 1 aliphatic heterocycles. The minimum Gasteiger partial charge on any atom is -0.497 e. The van der Waals surface area contributed by atoms with Crippen molar-refractivity contribution in [2.24, 2.45) is 11.7 Å². The van der Waals surface area contributed by atoms with Crippen molar-refractivity contribution >= 4 is 18.3 Å². The van der Waals surface area contributed by atoms with E-state index in [1.807, 2.05) is 29.2 Å². The van der Waals surface area contributed by atoms with Crippen molar-refractivity contribution in [2.45, 2.75) is 38.6 Å². The van der Waals surface area contributed by atoms with Crippen LogP contribution in [0.15, 0.2) is 24.3 Å². The Hall–Kier alpha value is -1.26. The second-order valence-corrected chi connectivity index (χ2v) is 5.86. The van der Waals surface area contributed by atoms with Crippen molar-refractivity contribution in [3.63, 3.8) is 0 Å². The molecule has 1 aromatic rings. The van der Waals surface area contributed by atoms with Crippen LogP contribution in [0.4, 0.5) is 0 Å². The molecule has 1 aromatic carbocycles. The lowest BCUT2D eigenvalue weighted by Crippen LogP contribution is -2.51. The van der Waals surface area contributed by atoms with Gasteiger partial charge in [-0.15, -0.1) is 12.4 Å². The number of nitrogens with two attached hydrogens (primary N) is 1. The molecule has 124 valence electrons. The lowest BCUT2D eigenvalue weighted by Gasteiger charge is -2.39. The second-order valence-electron chi connectivity index (χ2n) is 5.86. The molecule has 2 rings (SSSR count). The van der Waals surface area contributed by atoms with Crippen LogP contribution in [0.3, 0.4) is 0 Å². The Morgan fingerprint density at radius 1 is 1.36 bits per heavy atom. The first kappa shape index (κ1) is 18.8. The molecule has 1 aliphatic rings. The lowest BCUT2D eigenvalue weighted by molar-refractivity contribution is -0.136. The lowest BCUT2D eigenvalue weighted by atomic mass is 9.90. The molecule has 2 N–H and O–H groups in total. The number of nitrogens with zero attached hydrogens (tertiary/aromatic N) is 1. The Morgan fingerprint density at radius 2 is 2.05 bits per heavy atom. The third-order valence-electron chi connectivity index (χ3n) is 4.46. The zero-order valence-corrected chi connectivity index (χ0v) is 14.3. The Labute approximate surface area is 139 Å². The molecule has 1 saturated heterocycles. The topological polar surface area (TPSA) is 55.6 Å². The van der Waals surface area contributed by atoms with Gasteiger partial charge in [-0.3, -0.25) is 4.79 Å². The van der Waals surface area contributed by atoms with Crippen LogP contribution in [-0.4, -0.2) is 37.0 Å². The van der Waals surface area contributed by atoms with Gasteiger partial charge in [0.05, 0.1) is 7.11 Å². The Bertz CT molecular complexity index is 464. The molecule has 22 heavy (non-hydrogen) atoms. The number of rotatable bonds is 5. The highest BCUT2D eigenvalue weighted by Crippen LogP contribution is 2.23. The summed E-state index contributed by atoms with van der Waals surface area (Å²) in [5.74, 6) is 1.58. The van der Waals surface area contributed by atoms with Crippen molar-refractivity contribution in [1.29, 1.82) is 0 Å². The average Bonchev–Trinajstić information content (AvgIpc) is 2.52. The molecule has 0 radical (unpaired) electrons. The van der Waals surface area contributed by atoms with Gasteiger partial charge in [0.25, 0.3) is 0 Å². The summed E-state index contributed by atoms with van der Waals surface area (Å²) in [5, 5.41) is 0. The van der Waals surface area contributed by atoms with Gasteiger partial charge in [-0.25, -0.2) is 0 Å². The largest absolute Gasteiger partial charge is 0.497 e. The van der Waals surface area contributed by atoms with Crippen LogP contribution >= 0.6 is 12.4 Å². The van der Waals surface area contributed by atoms with Crippen molar-refractivity contribution in [2.75, 3.05) is 20.2 Å². The molecule has 2 atom stereocenters. The number of ether oxygens (including phenoxy) is 1. The van der Waals surface area contributed by atoms with E-state index in [-0.39, 0.29) is 24.4 Å². The molecule has 0 aromatic heterocycles. The zero-order valence-electron chi connectivity index (χ0n) is 13.5. The average molecular weight is 327 g/mol. The molecule has 0 bridgehead atoms. The first-order chi connectivity index (χ1) is 10.2. The van der Waals surface area contributed by atoms with Crippen LogP contribution in [0.1, 0.15) is 31.7 Å². The molecule has 4 nitrogen and oxygen atoms in total. The van der Waals surface area contributed by atoms with Gasteiger partial charge in [-0.2, -0.15) is 0 Å². The molecule has 1 fully saturated rings. The molecule has 1 heterocycles. The van der Waals surface area contributed by atoms with Gasteiger partial charge in [0.1, 0.15) is 5.75 Å². The minimum atomic E-state index is 0. The molecule has 5 heteroatoms. The first-order valence-corrected chi connectivity index (χ1v) is 7.78. The van der Waals surface area contributed by atoms with Crippen LogP contribution in [0.25, 0.3) is 0 Å². The molecule has 0 spiro atoms. The number of aryl methyl sites for hydroxylation is 1. The maximum atomic E-state index is 12.5. The highest BCUT2D eigenvalue weighted by Gasteiger charge is 2.30. The fraction of sp³-hybridized carbons (Fsp3) is 0.588. The fourth-order valence-electron chi connectivity index (χ4n) is 3.11. The van der Waals surface area contributed by atoms with Crippen molar-refractivity contribution in [1.82, 2.24) is 4.90 Å². The van der Waals surface area contributed by atoms with Crippen LogP contribution in [-0.2, 0) is 11.2 Å². The van der Waals surface area contributed by atoms with Gasteiger partial charge in [0.15, 0.2) is 0 Å². The third kappa shape index (κ3) is 4.62. The van der Waals surface area contributed by atoms with Crippen molar-refractivity contribution in [3.05, 3.63) is 29.8 Å². The Balaban J connectivity index is 0.00000242. The molecule has 2 unspecified atom stereocenters. The van der Waals surface area contributed by atoms with Crippen LogP contribution < -0.4 is 10.5 Å². The SMILES string of the molecule is COc1ccc(CCC(=O)N2CCCC(C)C2CN)cc1.Cl. The quantitative estimate of drug-likeness (QED) is 0.905. The maximum absolute atomic E-state index is 12.5. The minimum absolute atomic E-state index is 0. The van der Waals surface area contributed by atoms with Crippen LogP contribution in [0.2, 0.25) is 0 Å². The number of hydrogen-bond donors (Lipinski definition) is 1. The van der Waals surface area contributed by atoms with E-state index in [0.717, 1.165) is 25.1 Å². The predicted octanol–water partition coefficient (Wildman–Crippen LogP) is 2.64. The number of likely N-dealkylation sites (tertiary alicyclic amines) is 1. The summed E-state index contributed by atoms with van der Waals surface area (Å²) < 4.78 is 5.14. The van der Waals surface area contributed by atoms with Gasteiger partial charge >= 0.3 is 0 Å². The standard InChI is InChI=1S/C17H26N2O2.ClH/c1-13-4-3-11-19(16(13)12-18)17(20)10-7-14-5-8-15(21-2)9-6-14;/h5-6,8-9,13,16H,3-4,7,10-12,18H2,1-2H3;1H. The molecular formula is C17H27ClN2O2. The van der Waals surface area contributed by atoms with Crippen LogP contribution in [0.5, 0.6) is 5.75 Å². The Kier molecular flexibility index (Phi) is 7.69. The van der Waals surface area contributed by atoms with E-state index in [1.165, 1.54) is 12.0 Å². The summed E-state index contributed by atoms with van der Waals surface area (Å²) in [6.45, 7) is 3.61. The van der Waals surface area contributed by atoms with Gasteiger partial charge in [-0.05, 0) is 42.9 Å². The molecule has 0 saturated carbocycles. The number of benzene rings is 1. The number of carbonyl (C=O) groups is 1. The van der Waals surface area contributed by atoms with Gasteiger partial charge in [0.2, 0.25) is 5.91 Å². The highest BCUT2D eigenvalue weighted by molar-refractivity contribution is 5.85. The smallest absolute Gasteiger partial charge is 0.223 e.